The maximum Gasteiger partial charge on any atom is 0.252 e. The monoisotopic (exact) mass is 1290 g/mol. The predicted octanol–water partition coefficient (Wildman–Crippen LogP) is 25.0. The predicted molar refractivity (Wildman–Crippen MR) is 432 cm³/mol. The molecule has 0 unspecified atom stereocenters. The van der Waals surface area contributed by atoms with E-state index < -0.39 is 0 Å². The van der Waals surface area contributed by atoms with Crippen molar-refractivity contribution in [2.24, 2.45) is 0 Å². The highest BCUT2D eigenvalue weighted by Crippen LogP contribution is 2.51. The number of hydrogen-bond acceptors (Lipinski definition) is 2. The highest BCUT2D eigenvalue weighted by Gasteiger charge is 2.44. The molecule has 17 rings (SSSR count). The van der Waals surface area contributed by atoms with Crippen molar-refractivity contribution in [1.29, 1.82) is 0 Å². The Morgan fingerprint density at radius 2 is 0.455 bits per heavy atom. The van der Waals surface area contributed by atoms with Crippen LogP contribution < -0.4 is 26.2 Å². The first-order valence-electron chi connectivity index (χ1n) is 35.5. The van der Waals surface area contributed by atoms with Crippen molar-refractivity contribution < 1.29 is 0 Å². The van der Waals surface area contributed by atoms with Crippen LogP contribution in [0, 0.1) is 0 Å². The average molecular weight is 1290 g/mol. The number of nitrogens with zero attached hydrogens (tertiary/aromatic N) is 2. The molecule has 0 N–H and O–H groups in total. The summed E-state index contributed by atoms with van der Waals surface area (Å²) in [7, 11) is 0. The van der Waals surface area contributed by atoms with E-state index in [-0.39, 0.29) is 17.5 Å². The molecule has 0 fully saturated rings. The van der Waals surface area contributed by atoms with Gasteiger partial charge in [-0.3, -0.25) is 0 Å². The van der Waals surface area contributed by atoms with E-state index in [2.05, 4.69) is 409 Å². The molecule has 2 nitrogen and oxygen atoms in total. The lowest BCUT2D eigenvalue weighted by molar-refractivity contribution is 0.590. The van der Waals surface area contributed by atoms with E-state index in [1.165, 1.54) is 105 Å². The number of anilines is 6. The fourth-order valence-corrected chi connectivity index (χ4v) is 15.6. The van der Waals surface area contributed by atoms with Crippen molar-refractivity contribution >= 4 is 57.2 Å². The Morgan fingerprint density at radius 3 is 0.782 bits per heavy atom. The van der Waals surface area contributed by atoms with Gasteiger partial charge in [-0.1, -0.05) is 327 Å². The number of fused-ring (bicyclic) bond motifs is 4. The van der Waals surface area contributed by atoms with Crippen molar-refractivity contribution in [3.8, 4) is 111 Å². The van der Waals surface area contributed by atoms with Crippen LogP contribution in [0.3, 0.4) is 0 Å². The van der Waals surface area contributed by atoms with Crippen LogP contribution in [0.1, 0.15) is 52.7 Å². The number of benzene rings is 15. The highest BCUT2D eigenvalue weighted by molar-refractivity contribution is 7.00. The van der Waals surface area contributed by atoms with Crippen LogP contribution in [-0.2, 0) is 10.8 Å². The fourth-order valence-electron chi connectivity index (χ4n) is 15.6. The lowest BCUT2D eigenvalue weighted by Gasteiger charge is -2.45. The van der Waals surface area contributed by atoms with Gasteiger partial charge in [0, 0.05) is 33.9 Å². The van der Waals surface area contributed by atoms with Gasteiger partial charge in [0.2, 0.25) is 0 Å². The second kappa shape index (κ2) is 25.7. The van der Waals surface area contributed by atoms with Gasteiger partial charge in [-0.15, -0.1) is 0 Å². The summed E-state index contributed by atoms with van der Waals surface area (Å²) in [5.41, 5.74) is 36.5. The molecule has 101 heavy (non-hydrogen) atoms. The lowest BCUT2D eigenvalue weighted by atomic mass is 9.33. The van der Waals surface area contributed by atoms with Gasteiger partial charge in [0.1, 0.15) is 0 Å². The normalized spacial score (nSPS) is 12.4. The zero-order valence-electron chi connectivity index (χ0n) is 58.0. The molecule has 0 saturated heterocycles. The quantitative estimate of drug-likeness (QED) is 0.113. The first kappa shape index (κ1) is 62.5. The third kappa shape index (κ3) is 11.7. The Hall–Kier alpha value is -12.0. The van der Waals surface area contributed by atoms with Crippen LogP contribution in [0.15, 0.2) is 358 Å². The summed E-state index contributed by atoms with van der Waals surface area (Å²) in [4.78, 5) is 5.23. The Kier molecular flexibility index (Phi) is 15.9. The Balaban J connectivity index is 0.928. The largest absolute Gasteiger partial charge is 0.311 e. The first-order valence-corrected chi connectivity index (χ1v) is 35.5. The van der Waals surface area contributed by atoms with Gasteiger partial charge in [0.25, 0.3) is 6.71 Å². The summed E-state index contributed by atoms with van der Waals surface area (Å²) in [5.74, 6) is 0. The molecule has 2 heterocycles. The number of rotatable bonds is 12. The van der Waals surface area contributed by atoms with Crippen molar-refractivity contribution in [2.45, 2.75) is 52.4 Å². The SMILES string of the molecule is CC(C)(C)c1ccc(-c2ccccc2-c2ccc3c(c2)N(c2ccccc2-c2cc(-c4ccccc4)cc(-c4ccccc4)c2)c2cccc4c2B3c2ccc(-c3ccccc3-c3ccc(C(C)(C)C)cc3)cc2N4c2ccccc2-c2cc(-c3ccccc3)cc(-c3ccccc3)c2)cc1. The molecule has 0 amide bonds. The van der Waals surface area contributed by atoms with E-state index in [0.717, 1.165) is 67.5 Å². The van der Waals surface area contributed by atoms with Crippen LogP contribution in [-0.4, -0.2) is 6.71 Å². The zero-order chi connectivity index (χ0) is 68.3. The second-order valence-electron chi connectivity index (χ2n) is 29.2. The lowest BCUT2D eigenvalue weighted by Crippen LogP contribution is -2.61. The molecule has 0 aliphatic carbocycles. The van der Waals surface area contributed by atoms with Gasteiger partial charge in [0.05, 0.1) is 11.4 Å². The summed E-state index contributed by atoms with van der Waals surface area (Å²) >= 11 is 0. The molecule has 2 aliphatic rings. The van der Waals surface area contributed by atoms with E-state index in [4.69, 9.17) is 0 Å². The highest BCUT2D eigenvalue weighted by atomic mass is 15.2. The first-order chi connectivity index (χ1) is 49.4. The number of para-hydroxylation sites is 2. The molecule has 0 aromatic heterocycles. The minimum atomic E-state index is -0.168. The molecular weight excluding hydrogens is 1220 g/mol. The molecule has 0 radical (unpaired) electrons. The van der Waals surface area contributed by atoms with Gasteiger partial charge in [-0.2, -0.15) is 0 Å². The topological polar surface area (TPSA) is 6.48 Å². The molecule has 0 atom stereocenters. The smallest absolute Gasteiger partial charge is 0.252 e. The van der Waals surface area contributed by atoms with Gasteiger partial charge >= 0.3 is 0 Å². The zero-order valence-corrected chi connectivity index (χ0v) is 58.0. The molecule has 0 spiro atoms. The minimum Gasteiger partial charge on any atom is -0.311 e. The number of hydrogen-bond donors (Lipinski definition) is 0. The standard InChI is InChI=1S/C98H77BN2/c1-97(2,3)80-52-46-70(47-53-80)82-36-19-21-38-84(82)72-50-56-88-94(64-72)100(90-42-25-23-40-86(90)78-60-74(66-28-11-7-12-29-66)58-75(61-78)67-30-13-8-14-31-67)92-44-27-45-93-96(92)99(88)89-57-51-73(85-39-22-20-37-83(85)71-48-54-81(55-49-71)98(4,5)6)65-95(89)101(93)91-43-26-24-41-87(91)79-62-76(68-32-15-9-16-33-68)59-77(63-79)69-34-17-10-18-35-69/h7-65H,1-6H3. The molecule has 3 heteroatoms. The summed E-state index contributed by atoms with van der Waals surface area (Å²) in [6.07, 6.45) is 0. The molecule has 0 bridgehead atoms. The maximum absolute atomic E-state index is 2.61. The van der Waals surface area contributed by atoms with E-state index in [9.17, 15) is 0 Å². The van der Waals surface area contributed by atoms with Crippen molar-refractivity contribution in [3.05, 3.63) is 369 Å². The molecule has 2 aliphatic heterocycles. The molecular formula is C98H77BN2. The van der Waals surface area contributed by atoms with E-state index in [1.807, 2.05) is 0 Å². The van der Waals surface area contributed by atoms with E-state index in [0.29, 0.717) is 0 Å². The van der Waals surface area contributed by atoms with E-state index >= 15 is 0 Å². The summed E-state index contributed by atoms with van der Waals surface area (Å²) in [5, 5.41) is 0. The summed E-state index contributed by atoms with van der Waals surface area (Å²) < 4.78 is 0. The Morgan fingerprint density at radius 1 is 0.188 bits per heavy atom. The second-order valence-corrected chi connectivity index (χ2v) is 29.2. The molecule has 15 aromatic carbocycles. The van der Waals surface area contributed by atoms with Crippen molar-refractivity contribution in [3.63, 3.8) is 0 Å². The van der Waals surface area contributed by atoms with Gasteiger partial charge in [-0.05, 0) is 211 Å². The van der Waals surface area contributed by atoms with Crippen molar-refractivity contribution in [2.75, 3.05) is 9.80 Å². The molecule has 0 saturated carbocycles. The van der Waals surface area contributed by atoms with E-state index in [1.54, 1.807) is 0 Å². The molecule has 482 valence electrons. The average Bonchev–Trinajstić information content (AvgIpc) is 0.695. The third-order valence-electron chi connectivity index (χ3n) is 20.8. The van der Waals surface area contributed by atoms with Crippen molar-refractivity contribution in [1.82, 2.24) is 0 Å². The van der Waals surface area contributed by atoms with Gasteiger partial charge in [0.15, 0.2) is 0 Å². The van der Waals surface area contributed by atoms with Crippen LogP contribution in [0.2, 0.25) is 0 Å². The van der Waals surface area contributed by atoms with Crippen LogP contribution >= 0.6 is 0 Å². The van der Waals surface area contributed by atoms with Gasteiger partial charge < -0.3 is 9.80 Å². The Labute approximate surface area is 595 Å². The van der Waals surface area contributed by atoms with Crippen LogP contribution in [0.5, 0.6) is 0 Å². The maximum atomic E-state index is 2.61. The van der Waals surface area contributed by atoms with Gasteiger partial charge in [-0.25, -0.2) is 0 Å². The summed E-state index contributed by atoms with van der Waals surface area (Å²) in [6, 6.07) is 134. The molecule has 15 aromatic rings. The fraction of sp³-hybridized carbons (Fsp3) is 0.0816. The minimum absolute atomic E-state index is 0.0304. The summed E-state index contributed by atoms with van der Waals surface area (Å²) in [6.45, 7) is 13.6. The Bertz CT molecular complexity index is 5130. The van der Waals surface area contributed by atoms with Crippen LogP contribution in [0.25, 0.3) is 111 Å². The van der Waals surface area contributed by atoms with Crippen LogP contribution in [0.4, 0.5) is 34.1 Å². The third-order valence-corrected chi connectivity index (χ3v) is 20.8.